The van der Waals surface area contributed by atoms with E-state index in [4.69, 9.17) is 18.5 Å². The number of rotatable bonds is 49. The Balaban J connectivity index is 4.20. The van der Waals surface area contributed by atoms with E-state index in [1.807, 2.05) is 21.1 Å². The van der Waals surface area contributed by atoms with E-state index in [-0.39, 0.29) is 32.0 Å². The van der Waals surface area contributed by atoms with Crippen LogP contribution in [0, 0.1) is 0 Å². The highest BCUT2D eigenvalue weighted by molar-refractivity contribution is 7.45. The molecule has 0 aliphatic rings. The van der Waals surface area contributed by atoms with Crippen LogP contribution >= 0.6 is 7.82 Å². The fraction of sp³-hybridized carbons (Fsp3) is 0.852. The average Bonchev–Trinajstić information content (AvgIpc) is 3.25. The van der Waals surface area contributed by atoms with Crippen LogP contribution in [0.3, 0.4) is 0 Å². The minimum Gasteiger partial charge on any atom is -0.756 e. The third kappa shape index (κ3) is 49.7. The number of quaternary nitrogens is 1. The van der Waals surface area contributed by atoms with Gasteiger partial charge in [0.25, 0.3) is 7.82 Å². The number of carbonyl (C=O) groups excluding carboxylic acids is 2. The Morgan fingerprint density at radius 2 is 0.844 bits per heavy atom. The molecule has 0 amide bonds. The number of likely N-dealkylation sites (N-methyl/N-ethyl adjacent to an activating group) is 1. The van der Waals surface area contributed by atoms with Crippen molar-refractivity contribution in [1.82, 2.24) is 0 Å². The van der Waals surface area contributed by atoms with Crippen LogP contribution in [0.15, 0.2) is 36.5 Å². The zero-order valence-electron chi connectivity index (χ0n) is 42.5. The molecule has 2 unspecified atom stereocenters. The Bertz CT molecular complexity index is 1180. The second-order valence-electron chi connectivity index (χ2n) is 19.2. The van der Waals surface area contributed by atoms with Crippen molar-refractivity contribution in [2.45, 2.75) is 251 Å². The largest absolute Gasteiger partial charge is 0.756 e. The summed E-state index contributed by atoms with van der Waals surface area (Å²) in [6, 6.07) is 0. The van der Waals surface area contributed by atoms with E-state index in [2.05, 4.69) is 50.3 Å². The zero-order chi connectivity index (χ0) is 47.1. The van der Waals surface area contributed by atoms with Gasteiger partial charge in [-0.05, 0) is 51.4 Å². The van der Waals surface area contributed by atoms with E-state index in [9.17, 15) is 19.0 Å². The maximum absolute atomic E-state index is 12.8. The first kappa shape index (κ1) is 62.2. The fourth-order valence-corrected chi connectivity index (χ4v) is 8.22. The van der Waals surface area contributed by atoms with Crippen LogP contribution in [-0.2, 0) is 32.7 Å². The summed E-state index contributed by atoms with van der Waals surface area (Å²) >= 11 is 0. The summed E-state index contributed by atoms with van der Waals surface area (Å²) in [5.41, 5.74) is 0. The quantitative estimate of drug-likeness (QED) is 0.0195. The number of phosphoric ester groups is 1. The first-order valence-corrected chi connectivity index (χ1v) is 28.2. The van der Waals surface area contributed by atoms with Crippen molar-refractivity contribution < 1.29 is 42.1 Å². The molecule has 10 heteroatoms. The van der Waals surface area contributed by atoms with Crippen LogP contribution in [0.1, 0.15) is 245 Å². The average molecular weight is 924 g/mol. The van der Waals surface area contributed by atoms with Crippen molar-refractivity contribution >= 4 is 19.8 Å². The van der Waals surface area contributed by atoms with Crippen LogP contribution in [-0.4, -0.2) is 70.0 Å². The van der Waals surface area contributed by atoms with E-state index in [1.54, 1.807) is 0 Å². The Labute approximate surface area is 395 Å². The molecule has 376 valence electrons. The van der Waals surface area contributed by atoms with Crippen molar-refractivity contribution in [3.05, 3.63) is 36.5 Å². The summed E-state index contributed by atoms with van der Waals surface area (Å²) in [4.78, 5) is 37.7. The summed E-state index contributed by atoms with van der Waals surface area (Å²) in [7, 11) is 1.17. The number of hydrogen-bond donors (Lipinski definition) is 0. The smallest absolute Gasteiger partial charge is 0.306 e. The standard InChI is InChI=1S/C54H102NO8P/c1-6-8-10-12-14-16-18-20-22-23-24-25-26-27-28-29-30-31-33-35-37-39-41-43-45-47-54(57)63-52(51-62-64(58,59)61-49-48-55(3,4)5)50-60-53(56)46-44-42-40-38-36-34-32-21-19-17-15-13-11-9-7-2/h18,20,23-24,26-27,52H,6-17,19,21-22,25,28-51H2,1-5H3/b20-18-,24-23-,27-26-. The van der Waals surface area contributed by atoms with Gasteiger partial charge in [0, 0.05) is 12.8 Å². The van der Waals surface area contributed by atoms with Crippen molar-refractivity contribution in [3.8, 4) is 0 Å². The van der Waals surface area contributed by atoms with Gasteiger partial charge in [0.2, 0.25) is 0 Å². The molecule has 0 aromatic heterocycles. The van der Waals surface area contributed by atoms with Gasteiger partial charge in [-0.25, -0.2) is 0 Å². The molecule has 0 fully saturated rings. The van der Waals surface area contributed by atoms with Gasteiger partial charge in [0.1, 0.15) is 19.8 Å². The molecule has 0 heterocycles. The minimum atomic E-state index is -4.63. The fourth-order valence-electron chi connectivity index (χ4n) is 7.49. The predicted molar refractivity (Wildman–Crippen MR) is 268 cm³/mol. The van der Waals surface area contributed by atoms with Crippen molar-refractivity contribution in [2.24, 2.45) is 0 Å². The highest BCUT2D eigenvalue weighted by Gasteiger charge is 2.21. The number of hydrogen-bond acceptors (Lipinski definition) is 8. The molecule has 9 nitrogen and oxygen atoms in total. The number of unbranched alkanes of at least 4 members (excludes halogenated alkanes) is 29. The van der Waals surface area contributed by atoms with Crippen molar-refractivity contribution in [3.63, 3.8) is 0 Å². The number of nitrogens with zero attached hydrogens (tertiary/aromatic N) is 1. The van der Waals surface area contributed by atoms with Gasteiger partial charge in [-0.15, -0.1) is 0 Å². The highest BCUT2D eigenvalue weighted by atomic mass is 31.2. The summed E-state index contributed by atoms with van der Waals surface area (Å²) in [6.45, 7) is 4.25. The van der Waals surface area contributed by atoms with E-state index in [1.165, 1.54) is 154 Å². The van der Waals surface area contributed by atoms with Gasteiger partial charge in [0.15, 0.2) is 6.10 Å². The number of carbonyl (C=O) groups is 2. The number of phosphoric acid groups is 1. The second kappa shape index (κ2) is 46.3. The number of allylic oxidation sites excluding steroid dienone is 6. The summed E-state index contributed by atoms with van der Waals surface area (Å²) in [5.74, 6) is -0.828. The summed E-state index contributed by atoms with van der Waals surface area (Å²) in [5, 5.41) is 0. The van der Waals surface area contributed by atoms with Gasteiger partial charge >= 0.3 is 11.9 Å². The third-order valence-corrected chi connectivity index (χ3v) is 12.6. The molecule has 64 heavy (non-hydrogen) atoms. The molecule has 0 aliphatic carbocycles. The molecule has 0 N–H and O–H groups in total. The van der Waals surface area contributed by atoms with Crippen LogP contribution in [0.25, 0.3) is 0 Å². The van der Waals surface area contributed by atoms with Crippen LogP contribution in [0.2, 0.25) is 0 Å². The lowest BCUT2D eigenvalue weighted by Gasteiger charge is -2.28. The number of esters is 2. The topological polar surface area (TPSA) is 111 Å². The van der Waals surface area contributed by atoms with Crippen LogP contribution in [0.4, 0.5) is 0 Å². The molecular weight excluding hydrogens is 822 g/mol. The molecule has 2 atom stereocenters. The van der Waals surface area contributed by atoms with Crippen molar-refractivity contribution in [1.29, 1.82) is 0 Å². The molecule has 0 aromatic carbocycles. The maximum atomic E-state index is 12.8. The van der Waals surface area contributed by atoms with E-state index < -0.39 is 26.5 Å². The lowest BCUT2D eigenvalue weighted by Crippen LogP contribution is -2.37. The summed E-state index contributed by atoms with van der Waals surface area (Å²) in [6.07, 6.45) is 54.6. The van der Waals surface area contributed by atoms with Gasteiger partial charge in [-0.1, -0.05) is 217 Å². The van der Waals surface area contributed by atoms with Crippen molar-refractivity contribution in [2.75, 3.05) is 47.5 Å². The normalized spacial score (nSPS) is 13.7. The molecule has 0 aliphatic heterocycles. The Morgan fingerprint density at radius 1 is 0.484 bits per heavy atom. The lowest BCUT2D eigenvalue weighted by atomic mass is 10.0. The van der Waals surface area contributed by atoms with Gasteiger partial charge in [-0.3, -0.25) is 14.2 Å². The Morgan fingerprint density at radius 3 is 1.25 bits per heavy atom. The number of ether oxygens (including phenoxy) is 2. The van der Waals surface area contributed by atoms with Crippen LogP contribution in [0.5, 0.6) is 0 Å². The van der Waals surface area contributed by atoms with E-state index >= 15 is 0 Å². The monoisotopic (exact) mass is 924 g/mol. The Kier molecular flexibility index (Phi) is 45.1. The van der Waals surface area contributed by atoms with Crippen LogP contribution < -0.4 is 4.89 Å². The van der Waals surface area contributed by atoms with E-state index in [0.29, 0.717) is 17.4 Å². The third-order valence-electron chi connectivity index (χ3n) is 11.7. The minimum absolute atomic E-state index is 0.0304. The summed E-state index contributed by atoms with van der Waals surface area (Å²) < 4.78 is 34.1. The maximum Gasteiger partial charge on any atom is 0.306 e. The molecule has 0 aromatic rings. The van der Waals surface area contributed by atoms with Gasteiger partial charge in [0.05, 0.1) is 27.7 Å². The first-order valence-electron chi connectivity index (χ1n) is 26.7. The Hall–Kier alpha value is -1.77. The second-order valence-corrected chi connectivity index (χ2v) is 20.7. The lowest BCUT2D eigenvalue weighted by molar-refractivity contribution is -0.870. The predicted octanol–water partition coefficient (Wildman–Crippen LogP) is 15.4. The molecule has 0 radical (unpaired) electrons. The van der Waals surface area contributed by atoms with E-state index in [0.717, 1.165) is 57.8 Å². The zero-order valence-corrected chi connectivity index (χ0v) is 43.4. The van der Waals surface area contributed by atoms with Gasteiger partial charge in [-0.2, -0.15) is 0 Å². The molecule has 0 spiro atoms. The highest BCUT2D eigenvalue weighted by Crippen LogP contribution is 2.38. The molecular formula is C54H102NO8P. The molecule has 0 bridgehead atoms. The molecule has 0 saturated carbocycles. The molecule has 0 saturated heterocycles. The molecule has 0 rings (SSSR count). The first-order chi connectivity index (χ1) is 31.0. The van der Waals surface area contributed by atoms with Gasteiger partial charge < -0.3 is 27.9 Å². The SMILES string of the molecule is CCCCCCC/C=C\C/C=C\C/C=C\CCCCCCCCCCCCC(=O)OC(COC(=O)CCCCCCCCCCCCCCCCC)COP(=O)([O-])OCC[N+](C)(C)C.